The van der Waals surface area contributed by atoms with Gasteiger partial charge in [0, 0.05) is 26.7 Å². The summed E-state index contributed by atoms with van der Waals surface area (Å²) in [4.78, 5) is 46.2. The molecule has 14 heteroatoms. The van der Waals surface area contributed by atoms with Gasteiger partial charge in [0.1, 0.15) is 12.1 Å². The number of carboxylic acids is 2. The first-order chi connectivity index (χ1) is 13.9. The van der Waals surface area contributed by atoms with Crippen LogP contribution in [-0.2, 0) is 38.1 Å². The summed E-state index contributed by atoms with van der Waals surface area (Å²) in [5.74, 6) is -8.22. The lowest BCUT2D eigenvalue weighted by molar-refractivity contribution is -0.289. The molecular formula is C16H24N2O12. The van der Waals surface area contributed by atoms with Crippen LogP contribution >= 0.6 is 0 Å². The molecule has 2 rings (SSSR count). The molecule has 0 atom stereocenters. The number of hydrogen-bond acceptors (Lipinski definition) is 10. The number of aliphatic carboxylic acids is 2. The number of hydrogen-bond donors (Lipinski definition) is 4. The monoisotopic (exact) mass is 436 g/mol. The largest absolute Gasteiger partial charge is 0.477 e. The highest BCUT2D eigenvalue weighted by Gasteiger charge is 2.44. The maximum atomic E-state index is 12.1. The summed E-state index contributed by atoms with van der Waals surface area (Å²) in [7, 11) is 0. The Morgan fingerprint density at radius 2 is 1.00 bits per heavy atom. The predicted molar refractivity (Wildman–Crippen MR) is 90.0 cm³/mol. The number of rotatable bonds is 7. The van der Waals surface area contributed by atoms with Gasteiger partial charge >= 0.3 is 11.9 Å². The van der Waals surface area contributed by atoms with Crippen LogP contribution in [0.1, 0.15) is 26.7 Å². The van der Waals surface area contributed by atoms with Crippen LogP contribution in [-0.4, -0.2) is 105 Å². The van der Waals surface area contributed by atoms with E-state index in [-0.39, 0.29) is 26.4 Å². The van der Waals surface area contributed by atoms with E-state index >= 15 is 0 Å². The minimum absolute atomic E-state index is 0.293. The summed E-state index contributed by atoms with van der Waals surface area (Å²) in [5.41, 5.74) is 0. The first-order valence-electron chi connectivity index (χ1n) is 8.94. The molecule has 2 aliphatic heterocycles. The predicted octanol–water partition coefficient (Wildman–Crippen LogP) is -1.37. The summed E-state index contributed by atoms with van der Waals surface area (Å²) >= 11 is 0. The molecule has 2 heterocycles. The van der Waals surface area contributed by atoms with E-state index in [4.69, 9.17) is 29.2 Å². The maximum Gasteiger partial charge on any atom is 0.364 e. The zero-order valence-electron chi connectivity index (χ0n) is 16.3. The minimum Gasteiger partial charge on any atom is -0.477 e. The van der Waals surface area contributed by atoms with Crippen LogP contribution in [0.2, 0.25) is 0 Å². The van der Waals surface area contributed by atoms with Gasteiger partial charge in [0.25, 0.3) is 11.6 Å². The zero-order chi connectivity index (χ0) is 22.7. The second-order valence-corrected chi connectivity index (χ2v) is 7.03. The summed E-state index contributed by atoms with van der Waals surface area (Å²) in [6.07, 6.45) is -0.944. The number of carbonyl (C=O) groups excluding carboxylic acids is 2. The van der Waals surface area contributed by atoms with Crippen molar-refractivity contribution in [2.24, 2.45) is 0 Å². The lowest BCUT2D eigenvalue weighted by Gasteiger charge is -2.37. The van der Waals surface area contributed by atoms with Crippen LogP contribution in [0.15, 0.2) is 0 Å². The highest BCUT2D eigenvalue weighted by Crippen LogP contribution is 2.22. The van der Waals surface area contributed by atoms with Gasteiger partial charge in [-0.05, 0) is 0 Å². The van der Waals surface area contributed by atoms with Crippen LogP contribution in [0.25, 0.3) is 0 Å². The van der Waals surface area contributed by atoms with E-state index in [0.717, 1.165) is 0 Å². The average molecular weight is 436 g/mol. The number of carboxylic acid groups (broad SMARTS) is 2. The molecule has 0 aromatic rings. The molecule has 0 saturated carbocycles. The number of hydroxylamine groups is 4. The molecule has 2 amide bonds. The standard InChI is InChI=1S/C16H24N2O12/c1-15(13(21)22)27-5-9(6-28-15)17(25)11(19)3-4-12(20)18(26)10-7-29-16(2,14(23)24)30-8-10/h9-10,25-26H,3-8H2,1-2H3,(H,21,22)(H,23,24). The summed E-state index contributed by atoms with van der Waals surface area (Å²) in [6.45, 7) is 1.16. The number of amides is 2. The Hall–Kier alpha value is -2.36. The highest BCUT2D eigenvalue weighted by atomic mass is 16.7. The molecule has 2 saturated heterocycles. The summed E-state index contributed by atoms with van der Waals surface area (Å²) in [6, 6.07) is -1.95. The third kappa shape index (κ3) is 5.21. The van der Waals surface area contributed by atoms with E-state index in [9.17, 15) is 29.6 Å². The van der Waals surface area contributed by atoms with Gasteiger partial charge in [0.2, 0.25) is 11.8 Å². The van der Waals surface area contributed by atoms with Crippen molar-refractivity contribution in [3.8, 4) is 0 Å². The molecule has 0 spiro atoms. The van der Waals surface area contributed by atoms with Gasteiger partial charge in [-0.1, -0.05) is 0 Å². The van der Waals surface area contributed by atoms with Crippen molar-refractivity contribution in [3.63, 3.8) is 0 Å². The third-order valence-corrected chi connectivity index (χ3v) is 4.74. The van der Waals surface area contributed by atoms with Crippen LogP contribution in [0, 0.1) is 0 Å². The van der Waals surface area contributed by atoms with Crippen molar-refractivity contribution >= 4 is 23.8 Å². The van der Waals surface area contributed by atoms with E-state index in [2.05, 4.69) is 0 Å². The first kappa shape index (κ1) is 23.9. The quantitative estimate of drug-likeness (QED) is 0.271. The Bertz CT molecular complexity index is 624. The Morgan fingerprint density at radius 1 is 0.733 bits per heavy atom. The van der Waals surface area contributed by atoms with Crippen LogP contribution in [0.3, 0.4) is 0 Å². The van der Waals surface area contributed by atoms with Crippen molar-refractivity contribution < 1.29 is 58.8 Å². The Balaban J connectivity index is 1.78. The second kappa shape index (κ2) is 9.20. The van der Waals surface area contributed by atoms with Crippen LogP contribution < -0.4 is 0 Å². The lowest BCUT2D eigenvalue weighted by Crippen LogP contribution is -2.55. The average Bonchev–Trinajstić information content (AvgIpc) is 2.71. The van der Waals surface area contributed by atoms with E-state index in [1.807, 2.05) is 0 Å². The SMILES string of the molecule is CC1(C(=O)O)OCC(N(O)C(=O)CCC(=O)N(O)C2COC(C)(C(=O)O)OC2)CO1. The second-order valence-electron chi connectivity index (χ2n) is 7.03. The highest BCUT2D eigenvalue weighted by molar-refractivity contribution is 5.83. The van der Waals surface area contributed by atoms with Gasteiger partial charge < -0.3 is 29.2 Å². The molecule has 30 heavy (non-hydrogen) atoms. The van der Waals surface area contributed by atoms with Crippen molar-refractivity contribution in [2.75, 3.05) is 26.4 Å². The topological polar surface area (TPSA) is 193 Å². The lowest BCUT2D eigenvalue weighted by atomic mass is 10.2. The molecule has 0 aromatic carbocycles. The fourth-order valence-corrected chi connectivity index (χ4v) is 2.58. The molecule has 4 N–H and O–H groups in total. The molecule has 2 aliphatic rings. The van der Waals surface area contributed by atoms with Crippen LogP contribution in [0.5, 0.6) is 0 Å². The molecule has 0 unspecified atom stereocenters. The number of ether oxygens (including phenoxy) is 4. The van der Waals surface area contributed by atoms with Gasteiger partial charge in [-0.15, -0.1) is 0 Å². The van der Waals surface area contributed by atoms with Gasteiger partial charge in [-0.25, -0.2) is 19.7 Å². The van der Waals surface area contributed by atoms with E-state index in [1.165, 1.54) is 13.8 Å². The first-order valence-corrected chi connectivity index (χ1v) is 8.94. The van der Waals surface area contributed by atoms with E-state index in [0.29, 0.717) is 10.1 Å². The zero-order valence-corrected chi connectivity index (χ0v) is 16.3. The summed E-state index contributed by atoms with van der Waals surface area (Å²) in [5, 5.41) is 38.5. The maximum absolute atomic E-state index is 12.1. The van der Waals surface area contributed by atoms with Crippen molar-refractivity contribution in [2.45, 2.75) is 50.3 Å². The van der Waals surface area contributed by atoms with Crippen LogP contribution in [0.4, 0.5) is 0 Å². The van der Waals surface area contributed by atoms with Gasteiger partial charge in [-0.2, -0.15) is 0 Å². The molecular weight excluding hydrogens is 412 g/mol. The normalized spacial score (nSPS) is 31.6. The molecule has 2 fully saturated rings. The van der Waals surface area contributed by atoms with E-state index < -0.39 is 60.3 Å². The smallest absolute Gasteiger partial charge is 0.364 e. The number of carbonyl (C=O) groups is 4. The number of nitrogens with zero attached hydrogens (tertiary/aromatic N) is 2. The fraction of sp³-hybridized carbons (Fsp3) is 0.750. The van der Waals surface area contributed by atoms with Gasteiger partial charge in [0.15, 0.2) is 0 Å². The molecule has 14 nitrogen and oxygen atoms in total. The molecule has 0 aromatic heterocycles. The Kier molecular flexibility index (Phi) is 7.33. The van der Waals surface area contributed by atoms with Crippen molar-refractivity contribution in [1.29, 1.82) is 0 Å². The molecule has 0 aliphatic carbocycles. The molecule has 170 valence electrons. The molecule has 0 bridgehead atoms. The fourth-order valence-electron chi connectivity index (χ4n) is 2.58. The molecule has 0 radical (unpaired) electrons. The minimum atomic E-state index is -1.88. The van der Waals surface area contributed by atoms with Gasteiger partial charge in [-0.3, -0.25) is 20.0 Å². The Labute approximate surface area is 170 Å². The Morgan fingerprint density at radius 3 is 1.23 bits per heavy atom. The van der Waals surface area contributed by atoms with Crippen molar-refractivity contribution in [1.82, 2.24) is 10.1 Å². The summed E-state index contributed by atoms with van der Waals surface area (Å²) < 4.78 is 20.1. The van der Waals surface area contributed by atoms with Crippen molar-refractivity contribution in [3.05, 3.63) is 0 Å². The third-order valence-electron chi connectivity index (χ3n) is 4.74. The van der Waals surface area contributed by atoms with E-state index in [1.54, 1.807) is 0 Å². The van der Waals surface area contributed by atoms with Gasteiger partial charge in [0.05, 0.1) is 26.4 Å².